The van der Waals surface area contributed by atoms with Gasteiger partial charge in [-0.1, -0.05) is 66.2 Å². The molecule has 0 aromatic heterocycles. The normalized spacial score (nSPS) is 17.1. The van der Waals surface area contributed by atoms with Crippen molar-refractivity contribution >= 4 is 33.4 Å². The Morgan fingerprint density at radius 2 is 1.90 bits per heavy atom. The monoisotopic (exact) mass is 471 g/mol. The minimum absolute atomic E-state index is 0.0199. The summed E-state index contributed by atoms with van der Waals surface area (Å²) in [5.74, 6) is 0.191. The first-order valence-corrected chi connectivity index (χ1v) is 11.3. The number of nitrogens with zero attached hydrogens (tertiary/aromatic N) is 1. The van der Waals surface area contributed by atoms with E-state index in [0.29, 0.717) is 12.5 Å². The van der Waals surface area contributed by atoms with Gasteiger partial charge in [-0.25, -0.2) is 0 Å². The number of nitrogens with one attached hydrogen (secondary N) is 2. The van der Waals surface area contributed by atoms with Crippen molar-refractivity contribution in [3.05, 3.63) is 64.6 Å². The van der Waals surface area contributed by atoms with Crippen LogP contribution in [0.25, 0.3) is 0 Å². The predicted molar refractivity (Wildman–Crippen MR) is 124 cm³/mol. The van der Waals surface area contributed by atoms with Gasteiger partial charge in [0.1, 0.15) is 6.04 Å². The highest BCUT2D eigenvalue weighted by Gasteiger charge is 2.27. The molecule has 0 radical (unpaired) electrons. The number of anilines is 1. The Labute approximate surface area is 187 Å². The van der Waals surface area contributed by atoms with E-state index in [1.807, 2.05) is 56.3 Å². The second-order valence-electron chi connectivity index (χ2n) is 8.28. The Kier molecular flexibility index (Phi) is 7.91. The lowest BCUT2D eigenvalue weighted by Gasteiger charge is -2.23. The SMILES string of the molecule is CC(C)C(NC(=O)Cc1ccccc1)C(=O)NCC1CCN(c2cccc(Br)c2)C1. The minimum Gasteiger partial charge on any atom is -0.371 e. The zero-order valence-electron chi connectivity index (χ0n) is 17.6. The van der Waals surface area contributed by atoms with E-state index >= 15 is 0 Å². The lowest BCUT2D eigenvalue weighted by atomic mass is 10.0. The Balaban J connectivity index is 1.49. The molecule has 5 nitrogen and oxygen atoms in total. The summed E-state index contributed by atoms with van der Waals surface area (Å²) in [5, 5.41) is 5.98. The van der Waals surface area contributed by atoms with E-state index in [-0.39, 0.29) is 24.2 Å². The molecular formula is C24H30BrN3O2. The number of amides is 2. The van der Waals surface area contributed by atoms with Crippen molar-refractivity contribution in [1.29, 1.82) is 0 Å². The summed E-state index contributed by atoms with van der Waals surface area (Å²) in [6.07, 6.45) is 1.32. The minimum atomic E-state index is -0.524. The maximum atomic E-state index is 12.8. The highest BCUT2D eigenvalue weighted by atomic mass is 79.9. The van der Waals surface area contributed by atoms with Crippen molar-refractivity contribution in [1.82, 2.24) is 10.6 Å². The lowest BCUT2D eigenvalue weighted by Crippen LogP contribution is -2.51. The molecule has 2 aromatic rings. The van der Waals surface area contributed by atoms with Gasteiger partial charge in [0, 0.05) is 29.8 Å². The van der Waals surface area contributed by atoms with E-state index in [9.17, 15) is 9.59 Å². The highest BCUT2D eigenvalue weighted by Crippen LogP contribution is 2.26. The number of halogens is 1. The number of rotatable bonds is 8. The van der Waals surface area contributed by atoms with Gasteiger partial charge in [0.05, 0.1) is 6.42 Å². The molecule has 0 spiro atoms. The van der Waals surface area contributed by atoms with Crippen molar-refractivity contribution in [3.8, 4) is 0 Å². The van der Waals surface area contributed by atoms with Crippen LogP contribution in [-0.2, 0) is 16.0 Å². The molecule has 2 aromatic carbocycles. The van der Waals surface area contributed by atoms with E-state index in [4.69, 9.17) is 0 Å². The molecule has 1 aliphatic heterocycles. The number of carbonyl (C=O) groups is 2. The van der Waals surface area contributed by atoms with Crippen LogP contribution < -0.4 is 15.5 Å². The predicted octanol–water partition coefficient (Wildman–Crippen LogP) is 3.78. The van der Waals surface area contributed by atoms with Crippen LogP contribution in [-0.4, -0.2) is 37.5 Å². The first-order valence-electron chi connectivity index (χ1n) is 10.5. The van der Waals surface area contributed by atoms with Gasteiger partial charge in [-0.3, -0.25) is 9.59 Å². The Morgan fingerprint density at radius 1 is 1.13 bits per heavy atom. The molecule has 1 aliphatic rings. The summed E-state index contributed by atoms with van der Waals surface area (Å²) >= 11 is 3.53. The second kappa shape index (κ2) is 10.6. The summed E-state index contributed by atoms with van der Waals surface area (Å²) < 4.78 is 1.07. The molecule has 2 atom stereocenters. The average Bonchev–Trinajstić information content (AvgIpc) is 3.20. The van der Waals surface area contributed by atoms with Crippen LogP contribution in [0, 0.1) is 11.8 Å². The molecule has 2 amide bonds. The van der Waals surface area contributed by atoms with Crippen LogP contribution in [0.1, 0.15) is 25.8 Å². The third-order valence-corrected chi connectivity index (χ3v) is 5.99. The van der Waals surface area contributed by atoms with E-state index in [0.717, 1.165) is 29.5 Å². The summed E-state index contributed by atoms with van der Waals surface area (Å²) in [4.78, 5) is 27.5. The Bertz CT molecular complexity index is 857. The molecule has 6 heteroatoms. The van der Waals surface area contributed by atoms with E-state index < -0.39 is 6.04 Å². The van der Waals surface area contributed by atoms with E-state index in [2.05, 4.69) is 43.6 Å². The van der Waals surface area contributed by atoms with Crippen LogP contribution >= 0.6 is 15.9 Å². The third kappa shape index (κ3) is 6.33. The van der Waals surface area contributed by atoms with Gasteiger partial charge in [-0.15, -0.1) is 0 Å². The molecule has 0 saturated carbocycles. The van der Waals surface area contributed by atoms with Crippen molar-refractivity contribution < 1.29 is 9.59 Å². The second-order valence-corrected chi connectivity index (χ2v) is 9.19. The molecule has 3 rings (SSSR count). The number of hydrogen-bond donors (Lipinski definition) is 2. The van der Waals surface area contributed by atoms with Crippen LogP contribution in [0.5, 0.6) is 0 Å². The van der Waals surface area contributed by atoms with E-state index in [1.165, 1.54) is 5.69 Å². The molecule has 0 bridgehead atoms. The standard InChI is InChI=1S/C24H30BrN3O2/c1-17(2)23(27-22(29)13-18-7-4-3-5-8-18)24(30)26-15-19-11-12-28(16-19)21-10-6-9-20(25)14-21/h3-10,14,17,19,23H,11-13,15-16H2,1-2H3,(H,26,30)(H,27,29). The van der Waals surface area contributed by atoms with Crippen molar-refractivity contribution in [2.24, 2.45) is 11.8 Å². The molecule has 2 unspecified atom stereocenters. The number of carbonyl (C=O) groups excluding carboxylic acids is 2. The summed E-state index contributed by atoms with van der Waals surface area (Å²) in [5.41, 5.74) is 2.14. The van der Waals surface area contributed by atoms with Crippen molar-refractivity contribution in [2.45, 2.75) is 32.7 Å². The molecule has 1 saturated heterocycles. The zero-order chi connectivity index (χ0) is 21.5. The largest absolute Gasteiger partial charge is 0.371 e. The van der Waals surface area contributed by atoms with Gasteiger partial charge in [-0.05, 0) is 42.0 Å². The molecule has 160 valence electrons. The average molecular weight is 472 g/mol. The molecule has 1 fully saturated rings. The Morgan fingerprint density at radius 3 is 2.60 bits per heavy atom. The maximum absolute atomic E-state index is 12.8. The zero-order valence-corrected chi connectivity index (χ0v) is 19.2. The number of benzene rings is 2. The van der Waals surface area contributed by atoms with Gasteiger partial charge in [0.15, 0.2) is 0 Å². The summed E-state index contributed by atoms with van der Waals surface area (Å²) in [6.45, 7) is 6.44. The lowest BCUT2D eigenvalue weighted by molar-refractivity contribution is -0.129. The first-order chi connectivity index (χ1) is 14.4. The van der Waals surface area contributed by atoms with Gasteiger partial charge >= 0.3 is 0 Å². The van der Waals surface area contributed by atoms with Crippen LogP contribution in [0.4, 0.5) is 5.69 Å². The van der Waals surface area contributed by atoms with E-state index in [1.54, 1.807) is 0 Å². The third-order valence-electron chi connectivity index (χ3n) is 5.50. The summed E-state index contributed by atoms with van der Waals surface area (Å²) in [7, 11) is 0. The van der Waals surface area contributed by atoms with Gasteiger partial charge in [-0.2, -0.15) is 0 Å². The molecule has 0 aliphatic carbocycles. The quantitative estimate of drug-likeness (QED) is 0.615. The van der Waals surface area contributed by atoms with Crippen LogP contribution in [0.15, 0.2) is 59.1 Å². The number of hydrogen-bond acceptors (Lipinski definition) is 3. The van der Waals surface area contributed by atoms with Gasteiger partial charge < -0.3 is 15.5 Å². The highest BCUT2D eigenvalue weighted by molar-refractivity contribution is 9.10. The van der Waals surface area contributed by atoms with Crippen LogP contribution in [0.2, 0.25) is 0 Å². The summed E-state index contributed by atoms with van der Waals surface area (Å²) in [6, 6.07) is 17.4. The Hall–Kier alpha value is -2.34. The molecule has 2 N–H and O–H groups in total. The molecule has 1 heterocycles. The fourth-order valence-electron chi connectivity index (χ4n) is 3.80. The fraction of sp³-hybridized carbons (Fsp3) is 0.417. The van der Waals surface area contributed by atoms with Gasteiger partial charge in [0.2, 0.25) is 11.8 Å². The van der Waals surface area contributed by atoms with Crippen molar-refractivity contribution in [3.63, 3.8) is 0 Å². The topological polar surface area (TPSA) is 61.4 Å². The first kappa shape index (κ1) is 22.3. The van der Waals surface area contributed by atoms with Crippen LogP contribution in [0.3, 0.4) is 0 Å². The molecular weight excluding hydrogens is 442 g/mol. The van der Waals surface area contributed by atoms with Gasteiger partial charge in [0.25, 0.3) is 0 Å². The van der Waals surface area contributed by atoms with Crippen molar-refractivity contribution in [2.75, 3.05) is 24.5 Å². The maximum Gasteiger partial charge on any atom is 0.242 e. The molecule has 30 heavy (non-hydrogen) atoms. The smallest absolute Gasteiger partial charge is 0.242 e. The fourth-order valence-corrected chi connectivity index (χ4v) is 4.19.